The van der Waals surface area contributed by atoms with Gasteiger partial charge in [0.05, 0.1) is 0 Å². The van der Waals surface area contributed by atoms with Crippen LogP contribution in [-0.2, 0) is 6.42 Å². The Hall–Kier alpha value is -1.61. The van der Waals surface area contributed by atoms with Crippen molar-refractivity contribution in [3.63, 3.8) is 0 Å². The van der Waals surface area contributed by atoms with Gasteiger partial charge < -0.3 is 10.7 Å². The van der Waals surface area contributed by atoms with Gasteiger partial charge in [-0.25, -0.2) is 0 Å². The molecule has 1 heterocycles. The Morgan fingerprint density at radius 3 is 2.75 bits per heavy atom. The number of fused-ring (bicyclic) bond motifs is 1. The molecule has 0 spiro atoms. The van der Waals surface area contributed by atoms with E-state index < -0.39 is 0 Å². The number of aromatic nitrogens is 1. The Bertz CT molecular complexity index is 570. The monoisotopic (exact) mass is 216 g/mol. The van der Waals surface area contributed by atoms with Crippen molar-refractivity contribution in [1.82, 2.24) is 4.98 Å². The summed E-state index contributed by atoms with van der Waals surface area (Å²) in [6.45, 7) is 3.91. The first-order valence-electron chi connectivity index (χ1n) is 5.53. The van der Waals surface area contributed by atoms with Crippen molar-refractivity contribution in [3.8, 4) is 0 Å². The van der Waals surface area contributed by atoms with Gasteiger partial charge in [0, 0.05) is 17.1 Å². The Kier molecular flexibility index (Phi) is 2.79. The molecule has 3 heteroatoms. The maximum Gasteiger partial charge on any atom is 0.251 e. The predicted octanol–water partition coefficient (Wildman–Crippen LogP) is 2.11. The van der Waals surface area contributed by atoms with Crippen molar-refractivity contribution in [2.45, 2.75) is 26.3 Å². The van der Waals surface area contributed by atoms with Gasteiger partial charge in [-0.3, -0.25) is 4.79 Å². The van der Waals surface area contributed by atoms with Crippen LogP contribution in [0, 0.1) is 0 Å². The second-order valence-electron chi connectivity index (χ2n) is 4.11. The molecule has 1 unspecified atom stereocenters. The van der Waals surface area contributed by atoms with Crippen LogP contribution in [-0.4, -0.2) is 4.98 Å². The number of hydrogen-bond acceptors (Lipinski definition) is 2. The summed E-state index contributed by atoms with van der Waals surface area (Å²) in [5, 5.41) is 1.06. The van der Waals surface area contributed by atoms with E-state index in [0.717, 1.165) is 28.5 Å². The number of rotatable bonds is 2. The molecule has 0 amide bonds. The summed E-state index contributed by atoms with van der Waals surface area (Å²) < 4.78 is 0. The minimum Gasteiger partial charge on any atom is -0.324 e. The average Bonchev–Trinajstić information content (AvgIpc) is 2.27. The van der Waals surface area contributed by atoms with Gasteiger partial charge in [-0.2, -0.15) is 0 Å². The number of pyridine rings is 1. The van der Waals surface area contributed by atoms with Crippen molar-refractivity contribution in [2.75, 3.05) is 0 Å². The van der Waals surface area contributed by atoms with Gasteiger partial charge in [-0.1, -0.05) is 19.1 Å². The minimum atomic E-state index is -0.0150. The minimum absolute atomic E-state index is 0.00294. The zero-order valence-electron chi connectivity index (χ0n) is 9.58. The largest absolute Gasteiger partial charge is 0.324 e. The number of nitrogens with one attached hydrogen (secondary N) is 1. The summed E-state index contributed by atoms with van der Waals surface area (Å²) in [7, 11) is 0. The number of aromatic amines is 1. The zero-order chi connectivity index (χ0) is 11.7. The van der Waals surface area contributed by atoms with Crippen LogP contribution in [0.5, 0.6) is 0 Å². The fraction of sp³-hybridized carbons (Fsp3) is 0.308. The molecule has 3 N–H and O–H groups in total. The van der Waals surface area contributed by atoms with E-state index >= 15 is 0 Å². The topological polar surface area (TPSA) is 58.9 Å². The highest BCUT2D eigenvalue weighted by Gasteiger charge is 2.04. The fourth-order valence-corrected chi connectivity index (χ4v) is 1.81. The summed E-state index contributed by atoms with van der Waals surface area (Å²) in [6.07, 6.45) is 0.750. The van der Waals surface area contributed by atoms with E-state index in [9.17, 15) is 4.79 Å². The molecular formula is C13H16N2O. The molecule has 16 heavy (non-hydrogen) atoms. The van der Waals surface area contributed by atoms with E-state index in [4.69, 9.17) is 5.73 Å². The molecule has 2 rings (SSSR count). The second-order valence-corrected chi connectivity index (χ2v) is 4.11. The fourth-order valence-electron chi connectivity index (χ4n) is 1.81. The lowest BCUT2D eigenvalue weighted by Crippen LogP contribution is -2.12. The lowest BCUT2D eigenvalue weighted by atomic mass is 10.0. The molecule has 1 aromatic heterocycles. The van der Waals surface area contributed by atoms with Crippen LogP contribution >= 0.6 is 0 Å². The zero-order valence-corrected chi connectivity index (χ0v) is 9.58. The summed E-state index contributed by atoms with van der Waals surface area (Å²) in [4.78, 5) is 14.6. The van der Waals surface area contributed by atoms with Crippen molar-refractivity contribution in [3.05, 3.63) is 45.7 Å². The highest BCUT2D eigenvalue weighted by atomic mass is 16.1. The summed E-state index contributed by atoms with van der Waals surface area (Å²) in [5.41, 5.74) is 8.52. The van der Waals surface area contributed by atoms with Crippen molar-refractivity contribution < 1.29 is 0 Å². The molecule has 0 radical (unpaired) electrons. The Labute approximate surface area is 94.3 Å². The van der Waals surface area contributed by atoms with Gasteiger partial charge in [-0.15, -0.1) is 0 Å². The molecular weight excluding hydrogens is 200 g/mol. The first-order valence-corrected chi connectivity index (χ1v) is 5.53. The standard InChI is InChI=1S/C13H16N2O/c1-3-9-6-11-5-4-10(8(2)14)7-12(11)15-13(9)16/h4-8H,3,14H2,1-2H3,(H,15,16). The number of H-pyrrole nitrogens is 1. The van der Waals surface area contributed by atoms with E-state index in [1.807, 2.05) is 38.1 Å². The third-order valence-corrected chi connectivity index (χ3v) is 2.85. The SMILES string of the molecule is CCc1cc2ccc(C(C)N)cc2[nH]c1=O. The number of aryl methyl sites for hydroxylation is 1. The number of nitrogens with two attached hydrogens (primary N) is 1. The quantitative estimate of drug-likeness (QED) is 0.807. The van der Waals surface area contributed by atoms with E-state index in [1.54, 1.807) is 0 Å². The molecule has 0 fully saturated rings. The van der Waals surface area contributed by atoms with Crippen LogP contribution in [0.3, 0.4) is 0 Å². The van der Waals surface area contributed by atoms with Crippen LogP contribution in [0.25, 0.3) is 10.9 Å². The van der Waals surface area contributed by atoms with Crippen LogP contribution in [0.2, 0.25) is 0 Å². The maximum absolute atomic E-state index is 11.7. The highest BCUT2D eigenvalue weighted by Crippen LogP contribution is 2.17. The Balaban J connectivity index is 2.67. The summed E-state index contributed by atoms with van der Waals surface area (Å²) in [5.74, 6) is 0. The molecule has 1 aromatic carbocycles. The van der Waals surface area contributed by atoms with E-state index in [2.05, 4.69) is 4.98 Å². The van der Waals surface area contributed by atoms with Crippen molar-refractivity contribution in [1.29, 1.82) is 0 Å². The maximum atomic E-state index is 11.7. The molecule has 3 nitrogen and oxygen atoms in total. The van der Waals surface area contributed by atoms with Crippen molar-refractivity contribution >= 4 is 10.9 Å². The Morgan fingerprint density at radius 1 is 1.38 bits per heavy atom. The molecule has 0 aliphatic rings. The van der Waals surface area contributed by atoms with Crippen LogP contribution in [0.4, 0.5) is 0 Å². The third-order valence-electron chi connectivity index (χ3n) is 2.85. The normalized spacial score (nSPS) is 12.9. The lowest BCUT2D eigenvalue weighted by Gasteiger charge is -2.07. The number of hydrogen-bond donors (Lipinski definition) is 2. The molecule has 0 aliphatic carbocycles. The molecule has 84 valence electrons. The van der Waals surface area contributed by atoms with E-state index in [-0.39, 0.29) is 11.6 Å². The molecule has 0 saturated carbocycles. The van der Waals surface area contributed by atoms with Crippen molar-refractivity contribution in [2.24, 2.45) is 5.73 Å². The number of benzene rings is 1. The summed E-state index contributed by atoms with van der Waals surface area (Å²) >= 11 is 0. The molecule has 0 aliphatic heterocycles. The van der Waals surface area contributed by atoms with Gasteiger partial charge in [0.15, 0.2) is 0 Å². The van der Waals surface area contributed by atoms with E-state index in [0.29, 0.717) is 0 Å². The van der Waals surface area contributed by atoms with Crippen LogP contribution in [0.15, 0.2) is 29.1 Å². The third kappa shape index (κ3) is 1.86. The lowest BCUT2D eigenvalue weighted by molar-refractivity contribution is 0.819. The Morgan fingerprint density at radius 2 is 2.12 bits per heavy atom. The second kappa shape index (κ2) is 4.10. The van der Waals surface area contributed by atoms with Crippen LogP contribution < -0.4 is 11.3 Å². The molecule has 1 atom stereocenters. The molecule has 0 saturated heterocycles. The van der Waals surface area contributed by atoms with Gasteiger partial charge in [0.1, 0.15) is 0 Å². The predicted molar refractivity (Wildman–Crippen MR) is 66.5 cm³/mol. The first kappa shape index (κ1) is 10.9. The molecule has 2 aromatic rings. The highest BCUT2D eigenvalue weighted by molar-refractivity contribution is 5.79. The van der Waals surface area contributed by atoms with Crippen LogP contribution in [0.1, 0.15) is 31.0 Å². The molecule has 0 bridgehead atoms. The summed E-state index contributed by atoms with van der Waals surface area (Å²) in [6, 6.07) is 7.88. The van der Waals surface area contributed by atoms with Gasteiger partial charge in [-0.05, 0) is 36.4 Å². The average molecular weight is 216 g/mol. The smallest absolute Gasteiger partial charge is 0.251 e. The van der Waals surface area contributed by atoms with Gasteiger partial charge in [0.25, 0.3) is 5.56 Å². The van der Waals surface area contributed by atoms with Gasteiger partial charge in [0.2, 0.25) is 0 Å². The van der Waals surface area contributed by atoms with Gasteiger partial charge >= 0.3 is 0 Å². The van der Waals surface area contributed by atoms with E-state index in [1.165, 1.54) is 0 Å². The first-order chi connectivity index (χ1) is 7.61.